The Morgan fingerprint density at radius 1 is 1.05 bits per heavy atom. The van der Waals surface area contributed by atoms with Crippen molar-refractivity contribution >= 4 is 17.8 Å². The van der Waals surface area contributed by atoms with E-state index in [1.54, 1.807) is 6.07 Å². The molecule has 21 heavy (non-hydrogen) atoms. The molecule has 2 aromatic rings. The van der Waals surface area contributed by atoms with Crippen LogP contribution in [-0.4, -0.2) is 21.8 Å². The molecule has 0 radical (unpaired) electrons. The summed E-state index contributed by atoms with van der Waals surface area (Å²) in [5, 5.41) is 4.83. The van der Waals surface area contributed by atoms with E-state index in [1.165, 1.54) is 12.4 Å². The van der Waals surface area contributed by atoms with Crippen LogP contribution in [0.15, 0.2) is 42.7 Å². The normalized spacial score (nSPS) is 9.95. The summed E-state index contributed by atoms with van der Waals surface area (Å²) in [6.45, 7) is 0.670. The van der Waals surface area contributed by atoms with E-state index >= 15 is 0 Å². The number of aromatic nitrogens is 2. The van der Waals surface area contributed by atoms with E-state index in [9.17, 15) is 9.59 Å². The number of carbonyl (C=O) groups is 2. The van der Waals surface area contributed by atoms with Gasteiger partial charge in [0.05, 0.1) is 0 Å². The zero-order valence-corrected chi connectivity index (χ0v) is 11.2. The van der Waals surface area contributed by atoms with E-state index in [-0.39, 0.29) is 12.5 Å². The summed E-state index contributed by atoms with van der Waals surface area (Å²) in [5.41, 5.74) is 7.38. The summed E-state index contributed by atoms with van der Waals surface area (Å²) in [4.78, 5) is 30.9. The van der Waals surface area contributed by atoms with Gasteiger partial charge in [-0.1, -0.05) is 24.3 Å². The Morgan fingerprint density at radius 3 is 2.48 bits per heavy atom. The standard InChI is InChI=1S/C14H15N5O2/c15-8-10-3-1-4-11(7-10)9-18-12(20)13(21)19-14-16-5-2-6-17-14/h1-7H,8-9,15H2,(H,18,20)(H,16,17,19,21). The molecule has 7 nitrogen and oxygen atoms in total. The van der Waals surface area contributed by atoms with Crippen LogP contribution in [0.25, 0.3) is 0 Å². The number of nitrogens with zero attached hydrogens (tertiary/aromatic N) is 2. The van der Waals surface area contributed by atoms with Crippen molar-refractivity contribution in [1.29, 1.82) is 0 Å². The van der Waals surface area contributed by atoms with Gasteiger partial charge in [-0.25, -0.2) is 9.97 Å². The smallest absolute Gasteiger partial charge is 0.316 e. The van der Waals surface area contributed by atoms with Crippen molar-refractivity contribution < 1.29 is 9.59 Å². The Kier molecular flexibility index (Phi) is 4.94. The highest BCUT2D eigenvalue weighted by Crippen LogP contribution is 2.04. The van der Waals surface area contributed by atoms with Crippen LogP contribution in [0.4, 0.5) is 5.95 Å². The molecule has 2 rings (SSSR count). The third-order valence-corrected chi connectivity index (χ3v) is 2.68. The van der Waals surface area contributed by atoms with Gasteiger partial charge in [0.1, 0.15) is 0 Å². The maximum atomic E-state index is 11.7. The van der Waals surface area contributed by atoms with E-state index in [1.807, 2.05) is 24.3 Å². The summed E-state index contributed by atoms with van der Waals surface area (Å²) in [7, 11) is 0. The zero-order valence-electron chi connectivity index (χ0n) is 11.2. The highest BCUT2D eigenvalue weighted by Gasteiger charge is 2.14. The third-order valence-electron chi connectivity index (χ3n) is 2.68. The molecule has 0 atom stereocenters. The molecule has 0 aliphatic rings. The van der Waals surface area contributed by atoms with Crippen molar-refractivity contribution in [1.82, 2.24) is 15.3 Å². The van der Waals surface area contributed by atoms with Crippen LogP contribution in [0.1, 0.15) is 11.1 Å². The molecule has 0 saturated heterocycles. The Bertz CT molecular complexity index is 630. The van der Waals surface area contributed by atoms with Crippen molar-refractivity contribution in [2.45, 2.75) is 13.1 Å². The first kappa shape index (κ1) is 14.6. The van der Waals surface area contributed by atoms with Crippen LogP contribution >= 0.6 is 0 Å². The molecule has 0 fully saturated rings. The zero-order chi connectivity index (χ0) is 15.1. The molecule has 1 heterocycles. The highest BCUT2D eigenvalue weighted by atomic mass is 16.2. The predicted molar refractivity (Wildman–Crippen MR) is 76.8 cm³/mol. The summed E-state index contributed by atoms with van der Waals surface area (Å²) >= 11 is 0. The Balaban J connectivity index is 1.87. The molecule has 1 aromatic heterocycles. The van der Waals surface area contributed by atoms with Gasteiger partial charge in [-0.3, -0.25) is 14.9 Å². The van der Waals surface area contributed by atoms with Gasteiger partial charge in [0.15, 0.2) is 0 Å². The lowest BCUT2D eigenvalue weighted by molar-refractivity contribution is -0.136. The van der Waals surface area contributed by atoms with Gasteiger partial charge >= 0.3 is 11.8 Å². The fourth-order valence-corrected chi connectivity index (χ4v) is 1.65. The first-order chi connectivity index (χ1) is 10.2. The number of rotatable bonds is 4. The Hall–Kier alpha value is -2.80. The minimum Gasteiger partial charge on any atom is -0.344 e. The topological polar surface area (TPSA) is 110 Å². The maximum Gasteiger partial charge on any atom is 0.316 e. The van der Waals surface area contributed by atoms with E-state index < -0.39 is 11.8 Å². The van der Waals surface area contributed by atoms with Gasteiger partial charge in [-0.2, -0.15) is 0 Å². The number of nitrogens with two attached hydrogens (primary N) is 1. The van der Waals surface area contributed by atoms with Crippen molar-refractivity contribution in [2.75, 3.05) is 5.32 Å². The van der Waals surface area contributed by atoms with Crippen molar-refractivity contribution in [3.05, 3.63) is 53.9 Å². The summed E-state index contributed by atoms with van der Waals surface area (Å²) < 4.78 is 0. The minimum absolute atomic E-state index is 0.0859. The maximum absolute atomic E-state index is 11.7. The second-order valence-corrected chi connectivity index (χ2v) is 4.23. The lowest BCUT2D eigenvalue weighted by Crippen LogP contribution is -2.35. The van der Waals surface area contributed by atoms with Gasteiger partial charge in [0.2, 0.25) is 5.95 Å². The highest BCUT2D eigenvalue weighted by molar-refractivity contribution is 6.39. The number of anilines is 1. The molecular weight excluding hydrogens is 270 g/mol. The molecule has 7 heteroatoms. The average molecular weight is 285 g/mol. The molecule has 108 valence electrons. The lowest BCUT2D eigenvalue weighted by atomic mass is 10.1. The molecule has 0 unspecified atom stereocenters. The Labute approximate surface area is 121 Å². The summed E-state index contributed by atoms with van der Waals surface area (Å²) in [5.74, 6) is -1.47. The fourth-order valence-electron chi connectivity index (χ4n) is 1.65. The monoisotopic (exact) mass is 285 g/mol. The van der Waals surface area contributed by atoms with Gasteiger partial charge in [0.25, 0.3) is 0 Å². The van der Waals surface area contributed by atoms with E-state index in [4.69, 9.17) is 5.73 Å². The van der Waals surface area contributed by atoms with Gasteiger partial charge in [-0.05, 0) is 17.2 Å². The number of amides is 2. The van der Waals surface area contributed by atoms with Crippen LogP contribution in [0, 0.1) is 0 Å². The molecule has 4 N–H and O–H groups in total. The second-order valence-electron chi connectivity index (χ2n) is 4.23. The van der Waals surface area contributed by atoms with Crippen LogP contribution in [0.3, 0.4) is 0 Å². The van der Waals surface area contributed by atoms with Crippen molar-refractivity contribution in [3.63, 3.8) is 0 Å². The number of benzene rings is 1. The van der Waals surface area contributed by atoms with Crippen LogP contribution < -0.4 is 16.4 Å². The van der Waals surface area contributed by atoms with E-state index in [2.05, 4.69) is 20.6 Å². The number of nitrogens with one attached hydrogen (secondary N) is 2. The van der Waals surface area contributed by atoms with Gasteiger partial charge in [0, 0.05) is 25.5 Å². The molecular formula is C14H15N5O2. The van der Waals surface area contributed by atoms with Crippen LogP contribution in [-0.2, 0) is 22.7 Å². The molecule has 0 bridgehead atoms. The Morgan fingerprint density at radius 2 is 1.76 bits per heavy atom. The second kappa shape index (κ2) is 7.11. The molecule has 0 aliphatic heterocycles. The summed E-state index contributed by atoms with van der Waals surface area (Å²) in [6.07, 6.45) is 2.94. The molecule has 1 aromatic carbocycles. The summed E-state index contributed by atoms with van der Waals surface area (Å²) in [6, 6.07) is 9.07. The van der Waals surface area contributed by atoms with E-state index in [0.29, 0.717) is 6.54 Å². The SMILES string of the molecule is NCc1cccc(CNC(=O)C(=O)Nc2ncccn2)c1. The lowest BCUT2D eigenvalue weighted by Gasteiger charge is -2.06. The fraction of sp³-hybridized carbons (Fsp3) is 0.143. The first-order valence-corrected chi connectivity index (χ1v) is 6.33. The molecule has 2 amide bonds. The molecule has 0 aliphatic carbocycles. The number of hydrogen-bond acceptors (Lipinski definition) is 5. The first-order valence-electron chi connectivity index (χ1n) is 6.33. The quantitative estimate of drug-likeness (QED) is 0.695. The minimum atomic E-state index is -0.809. The molecule has 0 spiro atoms. The van der Waals surface area contributed by atoms with Crippen LogP contribution in [0.2, 0.25) is 0 Å². The number of hydrogen-bond donors (Lipinski definition) is 3. The van der Waals surface area contributed by atoms with Crippen LogP contribution in [0.5, 0.6) is 0 Å². The largest absolute Gasteiger partial charge is 0.344 e. The van der Waals surface area contributed by atoms with Gasteiger partial charge in [-0.15, -0.1) is 0 Å². The average Bonchev–Trinajstić information content (AvgIpc) is 2.53. The van der Waals surface area contributed by atoms with E-state index in [0.717, 1.165) is 11.1 Å². The number of carbonyl (C=O) groups excluding carboxylic acids is 2. The van der Waals surface area contributed by atoms with Gasteiger partial charge < -0.3 is 11.1 Å². The predicted octanol–water partition coefficient (Wildman–Crippen LogP) is 0.190. The van der Waals surface area contributed by atoms with Crippen molar-refractivity contribution in [2.24, 2.45) is 5.73 Å². The van der Waals surface area contributed by atoms with Crippen molar-refractivity contribution in [3.8, 4) is 0 Å². The third kappa shape index (κ3) is 4.36. The molecule has 0 saturated carbocycles.